The van der Waals surface area contributed by atoms with Crippen molar-refractivity contribution in [2.45, 2.75) is 13.2 Å². The number of amides is 2. The number of rotatable bonds is 7. The first-order valence-corrected chi connectivity index (χ1v) is 12.8. The van der Waals surface area contributed by atoms with Crippen molar-refractivity contribution in [3.63, 3.8) is 0 Å². The van der Waals surface area contributed by atoms with Gasteiger partial charge in [0.1, 0.15) is 12.4 Å². The summed E-state index contributed by atoms with van der Waals surface area (Å²) in [5.74, 6) is -0.199. The van der Waals surface area contributed by atoms with Gasteiger partial charge in [-0.2, -0.15) is 5.26 Å². The van der Waals surface area contributed by atoms with Crippen LogP contribution in [0.25, 0.3) is 6.08 Å². The summed E-state index contributed by atoms with van der Waals surface area (Å²) in [6, 6.07) is 17.0. The molecule has 1 aliphatic heterocycles. The number of nitrogens with zero attached hydrogens (tertiary/aromatic N) is 2. The first-order chi connectivity index (χ1) is 17.3. The molecule has 3 aromatic rings. The molecule has 1 heterocycles. The minimum atomic E-state index is -0.585. The maximum Gasteiger partial charge on any atom is 0.293 e. The van der Waals surface area contributed by atoms with E-state index >= 15 is 0 Å². The molecule has 10 heteroatoms. The number of hydrogen-bond acceptors (Lipinski definition) is 6. The van der Waals surface area contributed by atoms with E-state index in [1.807, 2.05) is 12.1 Å². The quantitative estimate of drug-likeness (QED) is 0.211. The lowest BCUT2D eigenvalue weighted by Crippen LogP contribution is -2.28. The number of imide groups is 1. The Balaban J connectivity index is 1.56. The van der Waals surface area contributed by atoms with Crippen molar-refractivity contribution in [2.75, 3.05) is 7.11 Å². The third-order valence-electron chi connectivity index (χ3n) is 5.31. The van der Waals surface area contributed by atoms with Crippen molar-refractivity contribution in [3.05, 3.63) is 96.2 Å². The minimum Gasteiger partial charge on any atom is -0.493 e. The van der Waals surface area contributed by atoms with Crippen LogP contribution in [-0.4, -0.2) is 23.2 Å². The van der Waals surface area contributed by atoms with Crippen LogP contribution in [-0.2, 0) is 17.9 Å². The number of nitriles is 1. The van der Waals surface area contributed by atoms with Crippen molar-refractivity contribution < 1.29 is 23.5 Å². The van der Waals surface area contributed by atoms with E-state index in [2.05, 4.69) is 28.7 Å². The summed E-state index contributed by atoms with van der Waals surface area (Å²) in [5.41, 5.74) is 1.97. The number of methoxy groups -OCH3 is 1. The van der Waals surface area contributed by atoms with Crippen LogP contribution in [0.3, 0.4) is 0 Å². The van der Waals surface area contributed by atoms with E-state index in [9.17, 15) is 19.2 Å². The number of halogens is 3. The van der Waals surface area contributed by atoms with Crippen LogP contribution in [0.1, 0.15) is 22.3 Å². The third-order valence-corrected chi connectivity index (χ3v) is 7.37. The highest BCUT2D eigenvalue weighted by atomic mass is 127. The molecule has 2 amide bonds. The molecule has 36 heavy (non-hydrogen) atoms. The molecule has 1 aliphatic rings. The van der Waals surface area contributed by atoms with Crippen LogP contribution >= 0.6 is 46.0 Å². The van der Waals surface area contributed by atoms with Gasteiger partial charge < -0.3 is 9.47 Å². The zero-order chi connectivity index (χ0) is 25.8. The Morgan fingerprint density at radius 2 is 1.97 bits per heavy atom. The van der Waals surface area contributed by atoms with Crippen LogP contribution in [0, 0.1) is 20.7 Å². The predicted octanol–water partition coefficient (Wildman–Crippen LogP) is 6.78. The fraction of sp³-hybridized carbons (Fsp3) is 0.115. The van der Waals surface area contributed by atoms with E-state index in [4.69, 9.17) is 21.1 Å². The molecule has 1 saturated heterocycles. The predicted molar refractivity (Wildman–Crippen MR) is 144 cm³/mol. The summed E-state index contributed by atoms with van der Waals surface area (Å²) in [5, 5.41) is 8.92. The van der Waals surface area contributed by atoms with Gasteiger partial charge in [-0.1, -0.05) is 35.9 Å². The van der Waals surface area contributed by atoms with Gasteiger partial charge in [0.25, 0.3) is 11.1 Å². The summed E-state index contributed by atoms with van der Waals surface area (Å²) in [4.78, 5) is 26.6. The van der Waals surface area contributed by atoms with E-state index in [1.54, 1.807) is 30.3 Å². The first-order valence-electron chi connectivity index (χ1n) is 10.5. The van der Waals surface area contributed by atoms with E-state index in [0.29, 0.717) is 26.2 Å². The normalized spacial score (nSPS) is 14.3. The highest BCUT2D eigenvalue weighted by molar-refractivity contribution is 14.1. The topological polar surface area (TPSA) is 79.6 Å². The van der Waals surface area contributed by atoms with Crippen LogP contribution < -0.4 is 9.47 Å². The molecule has 4 rings (SSSR count). The fourth-order valence-electron chi connectivity index (χ4n) is 3.50. The molecule has 0 atom stereocenters. The summed E-state index contributed by atoms with van der Waals surface area (Å²) in [6.45, 7) is -0.0851. The number of hydrogen-bond donors (Lipinski definition) is 0. The molecule has 0 radical (unpaired) electrons. The maximum absolute atomic E-state index is 14.2. The lowest BCUT2D eigenvalue weighted by molar-refractivity contribution is -0.123. The third kappa shape index (κ3) is 5.51. The second-order valence-electron chi connectivity index (χ2n) is 7.56. The number of thioether (sulfide) groups is 1. The molecule has 0 unspecified atom stereocenters. The Kier molecular flexibility index (Phi) is 8.18. The van der Waals surface area contributed by atoms with Gasteiger partial charge in [-0.15, -0.1) is 0 Å². The molecule has 0 saturated carbocycles. The second kappa shape index (κ2) is 11.3. The van der Waals surface area contributed by atoms with E-state index in [-0.39, 0.29) is 28.6 Å². The van der Waals surface area contributed by atoms with Gasteiger partial charge in [-0.3, -0.25) is 14.5 Å². The van der Waals surface area contributed by atoms with Crippen molar-refractivity contribution in [1.29, 1.82) is 5.26 Å². The molecule has 0 spiro atoms. The van der Waals surface area contributed by atoms with Gasteiger partial charge in [0.05, 0.1) is 33.8 Å². The van der Waals surface area contributed by atoms with Gasteiger partial charge in [0.2, 0.25) is 0 Å². The maximum atomic E-state index is 14.2. The number of carbonyl (C=O) groups excluding carboxylic acids is 2. The zero-order valence-electron chi connectivity index (χ0n) is 18.8. The average Bonchev–Trinajstić information content (AvgIpc) is 3.12. The summed E-state index contributed by atoms with van der Waals surface area (Å²) in [7, 11) is 1.50. The first kappa shape index (κ1) is 26.0. The number of carbonyl (C=O) groups is 2. The van der Waals surface area contributed by atoms with Crippen LogP contribution in [0.2, 0.25) is 5.02 Å². The van der Waals surface area contributed by atoms with Crippen LogP contribution in [0.4, 0.5) is 9.18 Å². The van der Waals surface area contributed by atoms with Gasteiger partial charge >= 0.3 is 0 Å². The summed E-state index contributed by atoms with van der Waals surface area (Å²) < 4.78 is 26.4. The molecule has 3 aromatic carbocycles. The number of ether oxygens (including phenoxy) is 2. The fourth-order valence-corrected chi connectivity index (χ4v) is 5.34. The summed E-state index contributed by atoms with van der Waals surface area (Å²) >= 11 is 8.93. The zero-order valence-corrected chi connectivity index (χ0v) is 22.5. The molecule has 0 aliphatic carbocycles. The Morgan fingerprint density at radius 1 is 1.19 bits per heavy atom. The molecular formula is C26H17ClFIN2O4S. The Bertz CT molecular complexity index is 1420. The second-order valence-corrected chi connectivity index (χ2v) is 10.1. The average molecular weight is 635 g/mol. The van der Waals surface area contributed by atoms with Crippen molar-refractivity contribution in [3.8, 4) is 17.6 Å². The van der Waals surface area contributed by atoms with E-state index < -0.39 is 17.0 Å². The van der Waals surface area contributed by atoms with Gasteiger partial charge in [0, 0.05) is 16.1 Å². The standard InChI is InChI=1S/C26H17ClFIN2O4S/c1-34-22-10-15(9-21(29)24(22)35-14-17-6-3-2-5-16(17)12-30)11-23-25(32)31(26(33)36-23)13-18-19(27)7-4-8-20(18)28/h2-11H,13-14H2,1H3/b23-11-. The Labute approximate surface area is 229 Å². The Morgan fingerprint density at radius 3 is 2.69 bits per heavy atom. The minimum absolute atomic E-state index is 0.0819. The van der Waals surface area contributed by atoms with Gasteiger partial charge in [-0.05, 0) is 76.3 Å². The highest BCUT2D eigenvalue weighted by Crippen LogP contribution is 2.38. The lowest BCUT2D eigenvalue weighted by atomic mass is 10.1. The molecule has 1 fully saturated rings. The van der Waals surface area contributed by atoms with Crippen LogP contribution in [0.5, 0.6) is 11.5 Å². The molecule has 0 N–H and O–H groups in total. The van der Waals surface area contributed by atoms with Gasteiger partial charge in [-0.25, -0.2) is 4.39 Å². The summed E-state index contributed by atoms with van der Waals surface area (Å²) in [6.07, 6.45) is 1.58. The lowest BCUT2D eigenvalue weighted by Gasteiger charge is -2.15. The highest BCUT2D eigenvalue weighted by Gasteiger charge is 2.36. The van der Waals surface area contributed by atoms with E-state index in [0.717, 1.165) is 22.2 Å². The SMILES string of the molecule is COc1cc(/C=C2\SC(=O)N(Cc3c(F)cccc3Cl)C2=O)cc(I)c1OCc1ccccc1C#N. The molecular weight excluding hydrogens is 618 g/mol. The smallest absolute Gasteiger partial charge is 0.293 e. The van der Waals surface area contributed by atoms with Crippen molar-refractivity contribution in [2.24, 2.45) is 0 Å². The van der Waals surface area contributed by atoms with Crippen molar-refractivity contribution >= 4 is 63.2 Å². The van der Waals surface area contributed by atoms with E-state index in [1.165, 1.54) is 25.3 Å². The largest absolute Gasteiger partial charge is 0.493 e. The molecule has 6 nitrogen and oxygen atoms in total. The molecule has 182 valence electrons. The number of benzene rings is 3. The van der Waals surface area contributed by atoms with Gasteiger partial charge in [0.15, 0.2) is 11.5 Å². The molecule has 0 bridgehead atoms. The van der Waals surface area contributed by atoms with Crippen molar-refractivity contribution in [1.82, 2.24) is 4.90 Å². The molecule has 0 aromatic heterocycles. The Hall–Kier alpha value is -3.07. The van der Waals surface area contributed by atoms with Crippen LogP contribution in [0.15, 0.2) is 59.5 Å². The monoisotopic (exact) mass is 634 g/mol.